The van der Waals surface area contributed by atoms with E-state index in [2.05, 4.69) is 0 Å². The average molecular weight is 209 g/mol. The summed E-state index contributed by atoms with van der Waals surface area (Å²) in [6, 6.07) is 6.49. The zero-order chi connectivity index (χ0) is 11.3. The Hall–Kier alpha value is -1.71. The van der Waals surface area contributed by atoms with Crippen molar-refractivity contribution in [1.29, 1.82) is 0 Å². The topological polar surface area (TPSA) is 49.8 Å². The van der Waals surface area contributed by atoms with E-state index in [0.717, 1.165) is 0 Å². The molecule has 0 unspecified atom stereocenters. The zero-order valence-corrected chi connectivity index (χ0v) is 8.93. The van der Waals surface area contributed by atoms with Crippen LogP contribution in [0.1, 0.15) is 6.92 Å². The highest BCUT2D eigenvalue weighted by molar-refractivity contribution is 5.72. The number of rotatable bonds is 4. The molecule has 82 valence electrons. The Kier molecular flexibility index (Phi) is 3.97. The van der Waals surface area contributed by atoms with Crippen molar-refractivity contribution in [2.24, 2.45) is 0 Å². The molecule has 4 nitrogen and oxygen atoms in total. The van der Waals surface area contributed by atoms with Gasteiger partial charge in [0.1, 0.15) is 18.1 Å². The molecule has 1 rings (SSSR count). The molecule has 1 aromatic rings. The van der Waals surface area contributed by atoms with Crippen molar-refractivity contribution in [1.82, 2.24) is 4.90 Å². The van der Waals surface area contributed by atoms with Crippen LogP contribution in [0.25, 0.3) is 0 Å². The van der Waals surface area contributed by atoms with E-state index in [-0.39, 0.29) is 11.7 Å². The Morgan fingerprint density at radius 3 is 2.53 bits per heavy atom. The maximum Gasteiger partial charge on any atom is 0.219 e. The first-order valence-corrected chi connectivity index (χ1v) is 4.73. The van der Waals surface area contributed by atoms with Gasteiger partial charge in [0.2, 0.25) is 5.91 Å². The lowest BCUT2D eigenvalue weighted by atomic mass is 10.3. The van der Waals surface area contributed by atoms with Crippen LogP contribution in [0.4, 0.5) is 0 Å². The smallest absolute Gasteiger partial charge is 0.219 e. The lowest BCUT2D eigenvalue weighted by Crippen LogP contribution is -2.28. The van der Waals surface area contributed by atoms with Gasteiger partial charge < -0.3 is 14.7 Å². The molecule has 0 aliphatic heterocycles. The summed E-state index contributed by atoms with van der Waals surface area (Å²) in [4.78, 5) is 12.5. The summed E-state index contributed by atoms with van der Waals surface area (Å²) < 4.78 is 5.38. The Bertz CT molecular complexity index is 321. The minimum Gasteiger partial charge on any atom is -0.508 e. The number of carbonyl (C=O) groups excluding carboxylic acids is 1. The first kappa shape index (κ1) is 11.4. The highest BCUT2D eigenvalue weighted by atomic mass is 16.5. The number of aromatic hydroxyl groups is 1. The lowest BCUT2D eigenvalue weighted by Gasteiger charge is -2.14. The quantitative estimate of drug-likeness (QED) is 0.811. The Morgan fingerprint density at radius 1 is 1.40 bits per heavy atom. The fourth-order valence-corrected chi connectivity index (χ4v) is 1.00. The third-order valence-electron chi connectivity index (χ3n) is 2.07. The number of ether oxygens (including phenoxy) is 1. The maximum atomic E-state index is 10.9. The van der Waals surface area contributed by atoms with E-state index >= 15 is 0 Å². The molecule has 4 heteroatoms. The molecule has 0 fully saturated rings. The van der Waals surface area contributed by atoms with Crippen molar-refractivity contribution < 1.29 is 14.6 Å². The van der Waals surface area contributed by atoms with Crippen molar-refractivity contribution in [2.75, 3.05) is 20.2 Å². The Morgan fingerprint density at radius 2 is 2.00 bits per heavy atom. The molecule has 0 atom stereocenters. The number of nitrogens with zero attached hydrogens (tertiary/aromatic N) is 1. The number of carbonyl (C=O) groups is 1. The van der Waals surface area contributed by atoms with Gasteiger partial charge in [-0.15, -0.1) is 0 Å². The highest BCUT2D eigenvalue weighted by Gasteiger charge is 2.01. The fraction of sp³-hybridized carbons (Fsp3) is 0.364. The second kappa shape index (κ2) is 5.24. The molecule has 1 aromatic carbocycles. The van der Waals surface area contributed by atoms with E-state index < -0.39 is 0 Å². The first-order chi connectivity index (χ1) is 7.09. The van der Waals surface area contributed by atoms with Crippen molar-refractivity contribution in [3.63, 3.8) is 0 Å². The number of likely N-dealkylation sites (N-methyl/N-ethyl adjacent to an activating group) is 1. The standard InChI is InChI=1S/C11H15NO3/c1-9(13)12(2)7-8-15-11-5-3-10(14)4-6-11/h3-6,14H,7-8H2,1-2H3. The van der Waals surface area contributed by atoms with Crippen molar-refractivity contribution in [2.45, 2.75) is 6.92 Å². The van der Waals surface area contributed by atoms with Gasteiger partial charge in [0.15, 0.2) is 0 Å². The van der Waals surface area contributed by atoms with Crippen LogP contribution in [-0.4, -0.2) is 36.1 Å². The molecular weight excluding hydrogens is 194 g/mol. The first-order valence-electron chi connectivity index (χ1n) is 4.73. The summed E-state index contributed by atoms with van der Waals surface area (Å²) in [6.07, 6.45) is 0. The van der Waals surface area contributed by atoms with Crippen LogP contribution in [0.3, 0.4) is 0 Å². The summed E-state index contributed by atoms with van der Waals surface area (Å²) in [7, 11) is 1.72. The van der Waals surface area contributed by atoms with Crippen molar-refractivity contribution in [3.05, 3.63) is 24.3 Å². The predicted octanol–water partition coefficient (Wildman–Crippen LogP) is 1.25. The number of amides is 1. The molecule has 1 N–H and O–H groups in total. The van der Waals surface area contributed by atoms with Crippen LogP contribution in [-0.2, 0) is 4.79 Å². The molecule has 0 aliphatic rings. The van der Waals surface area contributed by atoms with Gasteiger partial charge in [-0.1, -0.05) is 0 Å². The van der Waals surface area contributed by atoms with Gasteiger partial charge in [-0.25, -0.2) is 0 Å². The van der Waals surface area contributed by atoms with Gasteiger partial charge in [-0.05, 0) is 24.3 Å². The van der Waals surface area contributed by atoms with Crippen LogP contribution in [0.2, 0.25) is 0 Å². The van der Waals surface area contributed by atoms with Gasteiger partial charge in [0, 0.05) is 14.0 Å². The highest BCUT2D eigenvalue weighted by Crippen LogP contribution is 2.15. The van der Waals surface area contributed by atoms with Gasteiger partial charge in [-0.2, -0.15) is 0 Å². The summed E-state index contributed by atoms with van der Waals surface area (Å²) in [5.41, 5.74) is 0. The van der Waals surface area contributed by atoms with Crippen molar-refractivity contribution in [3.8, 4) is 11.5 Å². The molecule has 0 radical (unpaired) electrons. The second-order valence-corrected chi connectivity index (χ2v) is 3.28. The Labute approximate surface area is 89.1 Å². The molecule has 0 heterocycles. The number of hydrogen-bond acceptors (Lipinski definition) is 3. The Balaban J connectivity index is 2.32. The number of hydrogen-bond donors (Lipinski definition) is 1. The molecule has 1 amide bonds. The normalized spacial score (nSPS) is 9.73. The van der Waals surface area contributed by atoms with Gasteiger partial charge in [0.05, 0.1) is 6.54 Å². The van der Waals surface area contributed by atoms with Gasteiger partial charge in [0.25, 0.3) is 0 Å². The summed E-state index contributed by atoms with van der Waals surface area (Å²) in [5, 5.41) is 9.03. The van der Waals surface area contributed by atoms with Crippen LogP contribution in [0.5, 0.6) is 11.5 Å². The molecular formula is C11H15NO3. The second-order valence-electron chi connectivity index (χ2n) is 3.28. The minimum atomic E-state index is 0.0179. The van der Waals surface area contributed by atoms with Crippen LogP contribution < -0.4 is 4.74 Å². The zero-order valence-electron chi connectivity index (χ0n) is 8.93. The molecule has 0 aliphatic carbocycles. The van der Waals surface area contributed by atoms with Gasteiger partial charge in [-0.3, -0.25) is 4.79 Å². The van der Waals surface area contributed by atoms with E-state index in [0.29, 0.717) is 18.9 Å². The van der Waals surface area contributed by atoms with E-state index in [1.54, 1.807) is 36.2 Å². The van der Waals surface area contributed by atoms with E-state index in [9.17, 15) is 4.79 Å². The largest absolute Gasteiger partial charge is 0.508 e. The van der Waals surface area contributed by atoms with Crippen LogP contribution in [0, 0.1) is 0 Å². The average Bonchev–Trinajstić information content (AvgIpc) is 2.20. The van der Waals surface area contributed by atoms with E-state index in [1.165, 1.54) is 6.92 Å². The molecule has 0 spiro atoms. The summed E-state index contributed by atoms with van der Waals surface area (Å²) in [5.74, 6) is 0.914. The third-order valence-corrected chi connectivity index (χ3v) is 2.07. The van der Waals surface area contributed by atoms with Crippen LogP contribution in [0.15, 0.2) is 24.3 Å². The minimum absolute atomic E-state index is 0.0179. The van der Waals surface area contributed by atoms with Crippen LogP contribution >= 0.6 is 0 Å². The van der Waals surface area contributed by atoms with E-state index in [1.807, 2.05) is 0 Å². The molecule has 15 heavy (non-hydrogen) atoms. The number of phenols is 1. The number of phenolic OH excluding ortho intramolecular Hbond substituents is 1. The summed E-state index contributed by atoms with van der Waals surface area (Å²) >= 11 is 0. The predicted molar refractivity (Wildman–Crippen MR) is 56.9 cm³/mol. The molecule has 0 aromatic heterocycles. The molecule has 0 saturated carbocycles. The maximum absolute atomic E-state index is 10.9. The fourth-order valence-electron chi connectivity index (χ4n) is 1.00. The molecule has 0 saturated heterocycles. The molecule has 0 bridgehead atoms. The SMILES string of the molecule is CC(=O)N(C)CCOc1ccc(O)cc1. The summed E-state index contributed by atoms with van der Waals surface area (Å²) in [6.45, 7) is 2.51. The lowest BCUT2D eigenvalue weighted by molar-refractivity contribution is -0.127. The van der Waals surface area contributed by atoms with Crippen molar-refractivity contribution >= 4 is 5.91 Å². The monoisotopic (exact) mass is 209 g/mol. The van der Waals surface area contributed by atoms with Gasteiger partial charge >= 0.3 is 0 Å². The third kappa shape index (κ3) is 3.89. The van der Waals surface area contributed by atoms with E-state index in [4.69, 9.17) is 9.84 Å². The number of benzene rings is 1.